The Labute approximate surface area is 141 Å². The molecule has 0 saturated heterocycles. The molecule has 0 aliphatic heterocycles. The van der Waals surface area contributed by atoms with Gasteiger partial charge in [0.15, 0.2) is 6.61 Å². The number of rotatable bonds is 6. The Morgan fingerprint density at radius 2 is 1.78 bits per heavy atom. The van der Waals surface area contributed by atoms with Crippen molar-refractivity contribution in [3.05, 3.63) is 64.1 Å². The third-order valence-electron chi connectivity index (χ3n) is 2.75. The standard InChI is InChI=1S/C16H14BrN3O3/c17-13-5-3-12(4-6-13)16(22)20-19-9-11-1-7-14(8-2-11)23-10-15(18)21/h1-9H,10H2,(H2,18,21)(H,20,22)/b19-9-. The summed E-state index contributed by atoms with van der Waals surface area (Å²) >= 11 is 3.31. The highest BCUT2D eigenvalue weighted by Gasteiger charge is 2.03. The number of nitrogens with one attached hydrogen (secondary N) is 1. The first-order valence-electron chi connectivity index (χ1n) is 6.65. The van der Waals surface area contributed by atoms with Crippen LogP contribution in [-0.4, -0.2) is 24.6 Å². The van der Waals surface area contributed by atoms with E-state index < -0.39 is 5.91 Å². The number of nitrogens with two attached hydrogens (primary N) is 1. The number of carbonyl (C=O) groups is 2. The van der Waals surface area contributed by atoms with E-state index >= 15 is 0 Å². The van der Waals surface area contributed by atoms with Gasteiger partial charge in [-0.1, -0.05) is 15.9 Å². The first kappa shape index (κ1) is 16.7. The van der Waals surface area contributed by atoms with Gasteiger partial charge in [0.2, 0.25) is 0 Å². The maximum atomic E-state index is 11.8. The minimum absolute atomic E-state index is 0.170. The van der Waals surface area contributed by atoms with E-state index in [1.807, 2.05) is 0 Å². The molecule has 0 saturated carbocycles. The number of halogens is 1. The van der Waals surface area contributed by atoms with Crippen LogP contribution in [0, 0.1) is 0 Å². The van der Waals surface area contributed by atoms with Crippen LogP contribution in [0.5, 0.6) is 5.75 Å². The molecule has 2 amide bonds. The molecule has 118 valence electrons. The van der Waals surface area contributed by atoms with Gasteiger partial charge in [0, 0.05) is 10.0 Å². The maximum Gasteiger partial charge on any atom is 0.271 e. The summed E-state index contributed by atoms with van der Waals surface area (Å²) in [5.74, 6) is -0.304. The molecule has 23 heavy (non-hydrogen) atoms. The van der Waals surface area contributed by atoms with Crippen molar-refractivity contribution in [2.45, 2.75) is 0 Å². The van der Waals surface area contributed by atoms with E-state index in [0.29, 0.717) is 11.3 Å². The summed E-state index contributed by atoms with van der Waals surface area (Å²) in [6.07, 6.45) is 1.51. The van der Waals surface area contributed by atoms with E-state index in [1.165, 1.54) is 6.21 Å². The van der Waals surface area contributed by atoms with Crippen LogP contribution < -0.4 is 15.9 Å². The van der Waals surface area contributed by atoms with Gasteiger partial charge in [0.1, 0.15) is 5.75 Å². The molecule has 6 nitrogen and oxygen atoms in total. The van der Waals surface area contributed by atoms with Crippen molar-refractivity contribution in [2.75, 3.05) is 6.61 Å². The van der Waals surface area contributed by atoms with Gasteiger partial charge < -0.3 is 10.5 Å². The number of carbonyl (C=O) groups excluding carboxylic acids is 2. The van der Waals surface area contributed by atoms with E-state index in [0.717, 1.165) is 10.0 Å². The summed E-state index contributed by atoms with van der Waals surface area (Å²) in [5.41, 5.74) is 8.72. The van der Waals surface area contributed by atoms with Crippen LogP contribution in [0.4, 0.5) is 0 Å². The Kier molecular flexibility index (Phi) is 5.87. The second-order valence-corrected chi connectivity index (χ2v) is 5.45. The molecular formula is C16H14BrN3O3. The zero-order valence-electron chi connectivity index (χ0n) is 12.0. The molecule has 0 radical (unpaired) electrons. The largest absolute Gasteiger partial charge is 0.484 e. The highest BCUT2D eigenvalue weighted by molar-refractivity contribution is 9.10. The number of benzene rings is 2. The summed E-state index contributed by atoms with van der Waals surface area (Å²) in [4.78, 5) is 22.5. The van der Waals surface area contributed by atoms with Crippen molar-refractivity contribution >= 4 is 34.0 Å². The van der Waals surface area contributed by atoms with Crippen molar-refractivity contribution in [3.63, 3.8) is 0 Å². The fraction of sp³-hybridized carbons (Fsp3) is 0.0625. The Morgan fingerprint density at radius 1 is 1.13 bits per heavy atom. The van der Waals surface area contributed by atoms with E-state index in [1.54, 1.807) is 48.5 Å². The zero-order valence-corrected chi connectivity index (χ0v) is 13.6. The van der Waals surface area contributed by atoms with E-state index in [9.17, 15) is 9.59 Å². The second-order valence-electron chi connectivity index (χ2n) is 4.53. The Hall–Kier alpha value is -2.67. The zero-order chi connectivity index (χ0) is 16.7. The molecule has 0 heterocycles. The smallest absolute Gasteiger partial charge is 0.271 e. The number of nitrogens with zero attached hydrogens (tertiary/aromatic N) is 1. The molecule has 3 N–H and O–H groups in total. The molecule has 0 atom stereocenters. The summed E-state index contributed by atoms with van der Waals surface area (Å²) in [7, 11) is 0. The fourth-order valence-corrected chi connectivity index (χ4v) is 1.90. The molecule has 7 heteroatoms. The van der Waals surface area contributed by atoms with E-state index in [2.05, 4.69) is 26.5 Å². The second kappa shape index (κ2) is 8.09. The number of hydrogen-bond acceptors (Lipinski definition) is 4. The average molecular weight is 376 g/mol. The van der Waals surface area contributed by atoms with Gasteiger partial charge in [-0.05, 0) is 54.1 Å². The topological polar surface area (TPSA) is 93.8 Å². The number of hydrazone groups is 1. The van der Waals surface area contributed by atoms with Gasteiger partial charge in [0.05, 0.1) is 6.21 Å². The number of hydrogen-bond donors (Lipinski definition) is 2. The number of ether oxygens (including phenoxy) is 1. The van der Waals surface area contributed by atoms with Crippen LogP contribution in [-0.2, 0) is 4.79 Å². The van der Waals surface area contributed by atoms with Crippen molar-refractivity contribution in [1.29, 1.82) is 0 Å². The Balaban J connectivity index is 1.88. The van der Waals surface area contributed by atoms with Crippen molar-refractivity contribution in [1.82, 2.24) is 5.43 Å². The molecule has 2 aromatic rings. The minimum Gasteiger partial charge on any atom is -0.484 e. The van der Waals surface area contributed by atoms with E-state index in [4.69, 9.17) is 10.5 Å². The molecule has 0 aromatic heterocycles. The Morgan fingerprint density at radius 3 is 2.39 bits per heavy atom. The van der Waals surface area contributed by atoms with Crippen LogP contribution in [0.25, 0.3) is 0 Å². The summed E-state index contributed by atoms with van der Waals surface area (Å²) in [6.45, 7) is -0.170. The summed E-state index contributed by atoms with van der Waals surface area (Å²) in [5, 5.41) is 3.89. The highest BCUT2D eigenvalue weighted by Crippen LogP contribution is 2.11. The molecular weight excluding hydrogens is 362 g/mol. The van der Waals surface area contributed by atoms with E-state index in [-0.39, 0.29) is 12.5 Å². The summed E-state index contributed by atoms with van der Waals surface area (Å²) in [6, 6.07) is 13.8. The van der Waals surface area contributed by atoms with Crippen molar-refractivity contribution in [2.24, 2.45) is 10.8 Å². The third-order valence-corrected chi connectivity index (χ3v) is 3.28. The van der Waals surface area contributed by atoms with Gasteiger partial charge in [0.25, 0.3) is 11.8 Å². The third kappa shape index (κ3) is 5.55. The quantitative estimate of drug-likeness (QED) is 0.597. The van der Waals surface area contributed by atoms with Crippen molar-refractivity contribution in [3.8, 4) is 5.75 Å². The van der Waals surface area contributed by atoms with Gasteiger partial charge in [-0.2, -0.15) is 5.10 Å². The van der Waals surface area contributed by atoms with Crippen LogP contribution >= 0.6 is 15.9 Å². The first-order valence-corrected chi connectivity index (χ1v) is 7.44. The maximum absolute atomic E-state index is 11.8. The molecule has 0 spiro atoms. The molecule has 2 rings (SSSR count). The molecule has 0 fully saturated rings. The normalized spacial score (nSPS) is 10.5. The molecule has 0 aliphatic carbocycles. The number of primary amides is 1. The average Bonchev–Trinajstić information content (AvgIpc) is 2.54. The lowest BCUT2D eigenvalue weighted by molar-refractivity contribution is -0.119. The van der Waals surface area contributed by atoms with Crippen LogP contribution in [0.3, 0.4) is 0 Å². The lowest BCUT2D eigenvalue weighted by Crippen LogP contribution is -2.20. The predicted molar refractivity (Wildman–Crippen MR) is 90.3 cm³/mol. The first-order chi connectivity index (χ1) is 11.0. The lowest BCUT2D eigenvalue weighted by Gasteiger charge is -2.03. The molecule has 0 unspecified atom stereocenters. The van der Waals surface area contributed by atoms with Crippen LogP contribution in [0.2, 0.25) is 0 Å². The van der Waals surface area contributed by atoms with Gasteiger partial charge >= 0.3 is 0 Å². The summed E-state index contributed by atoms with van der Waals surface area (Å²) < 4.78 is 6.04. The van der Waals surface area contributed by atoms with Crippen LogP contribution in [0.15, 0.2) is 58.1 Å². The van der Waals surface area contributed by atoms with Gasteiger partial charge in [-0.25, -0.2) is 5.43 Å². The van der Waals surface area contributed by atoms with Crippen molar-refractivity contribution < 1.29 is 14.3 Å². The Bertz CT molecular complexity index is 712. The predicted octanol–water partition coefficient (Wildman–Crippen LogP) is 2.08. The molecule has 0 aliphatic rings. The molecule has 2 aromatic carbocycles. The van der Waals surface area contributed by atoms with Gasteiger partial charge in [-0.15, -0.1) is 0 Å². The van der Waals surface area contributed by atoms with Gasteiger partial charge in [-0.3, -0.25) is 9.59 Å². The monoisotopic (exact) mass is 375 g/mol. The lowest BCUT2D eigenvalue weighted by atomic mass is 10.2. The highest BCUT2D eigenvalue weighted by atomic mass is 79.9. The fourth-order valence-electron chi connectivity index (χ4n) is 1.64. The minimum atomic E-state index is -0.536. The SMILES string of the molecule is NC(=O)COc1ccc(/C=N\NC(=O)c2ccc(Br)cc2)cc1. The number of amides is 2. The molecule has 0 bridgehead atoms. The van der Waals surface area contributed by atoms with Crippen LogP contribution in [0.1, 0.15) is 15.9 Å².